The third-order valence-corrected chi connectivity index (χ3v) is 14.9. The second-order valence-corrected chi connectivity index (χ2v) is 19.7. The number of rotatable bonds is 13. The summed E-state index contributed by atoms with van der Waals surface area (Å²) >= 11 is 0. The van der Waals surface area contributed by atoms with Crippen LogP contribution in [0.2, 0.25) is 0 Å². The van der Waals surface area contributed by atoms with Crippen molar-refractivity contribution in [1.82, 2.24) is 4.57 Å². The van der Waals surface area contributed by atoms with E-state index in [1.165, 1.54) is 49.6 Å². The lowest BCUT2D eigenvalue weighted by atomic mass is 9.98. The van der Waals surface area contributed by atoms with Crippen LogP contribution in [0.5, 0.6) is 0 Å². The van der Waals surface area contributed by atoms with Crippen molar-refractivity contribution in [3.63, 3.8) is 0 Å². The van der Waals surface area contributed by atoms with Gasteiger partial charge in [0.1, 0.15) is 0 Å². The largest absolute Gasteiger partial charge is 0.310 e. The van der Waals surface area contributed by atoms with Crippen molar-refractivity contribution in [2.75, 3.05) is 14.7 Å². The predicted octanol–water partition coefficient (Wildman–Crippen LogP) is 20.6. The summed E-state index contributed by atoms with van der Waals surface area (Å²) in [4.78, 5) is 7.12. The molecule has 0 saturated heterocycles. The number of benzene rings is 11. The highest BCUT2D eigenvalue weighted by Crippen LogP contribution is 2.44. The van der Waals surface area contributed by atoms with Crippen molar-refractivity contribution in [3.05, 3.63) is 308 Å². The maximum Gasteiger partial charge on any atom is 0.0542 e. The molecule has 0 N–H and O–H groups in total. The molecule has 1 aliphatic rings. The molecule has 1 aliphatic carbocycles. The van der Waals surface area contributed by atoms with E-state index in [2.05, 4.69) is 323 Å². The highest BCUT2D eigenvalue weighted by molar-refractivity contribution is 6.10. The molecule has 0 atom stereocenters. The van der Waals surface area contributed by atoms with Crippen LogP contribution in [0.25, 0.3) is 55.3 Å². The van der Waals surface area contributed by atoms with Gasteiger partial charge in [-0.25, -0.2) is 0 Å². The zero-order chi connectivity index (χ0) is 51.5. The van der Waals surface area contributed by atoms with Crippen molar-refractivity contribution >= 4 is 78.6 Å². The minimum atomic E-state index is 1.05. The van der Waals surface area contributed by atoms with Gasteiger partial charge in [0.25, 0.3) is 0 Å². The average Bonchev–Trinajstić information content (AvgIpc) is 3.93. The number of nitrogens with zero attached hydrogens (tertiary/aromatic N) is 4. The molecule has 1 aromatic heterocycles. The fourth-order valence-electron chi connectivity index (χ4n) is 11.1. The minimum absolute atomic E-state index is 1.05. The Labute approximate surface area is 451 Å². The molecule has 0 unspecified atom stereocenters. The minimum Gasteiger partial charge on any atom is -0.310 e. The summed E-state index contributed by atoms with van der Waals surface area (Å²) in [5, 5.41) is 2.43. The van der Waals surface area contributed by atoms with Crippen LogP contribution in [0.3, 0.4) is 0 Å². The normalized spacial score (nSPS) is 12.1. The molecule has 0 fully saturated rings. The Hall–Kier alpha value is -9.90. The van der Waals surface area contributed by atoms with Gasteiger partial charge in [0.15, 0.2) is 0 Å². The summed E-state index contributed by atoms with van der Waals surface area (Å²) in [6.45, 7) is 2.18. The smallest absolute Gasteiger partial charge is 0.0542 e. The molecule has 77 heavy (non-hydrogen) atoms. The van der Waals surface area contributed by atoms with Gasteiger partial charge in [0, 0.05) is 67.6 Å². The van der Waals surface area contributed by atoms with Crippen molar-refractivity contribution in [2.24, 2.45) is 0 Å². The number of hydrogen-bond acceptors (Lipinski definition) is 3. The molecule has 4 heteroatoms. The molecule has 0 aliphatic heterocycles. The molecule has 13 rings (SSSR count). The van der Waals surface area contributed by atoms with Crippen LogP contribution in [0.4, 0.5) is 51.2 Å². The third-order valence-electron chi connectivity index (χ3n) is 14.9. The monoisotopic (exact) mass is 988 g/mol. The maximum atomic E-state index is 2.39. The Morgan fingerprint density at radius 1 is 0.312 bits per heavy atom. The van der Waals surface area contributed by atoms with Gasteiger partial charge in [-0.3, -0.25) is 0 Å². The highest BCUT2D eigenvalue weighted by atomic mass is 15.2. The lowest BCUT2D eigenvalue weighted by Gasteiger charge is -2.29. The second-order valence-electron chi connectivity index (χ2n) is 19.7. The summed E-state index contributed by atoms with van der Waals surface area (Å²) in [6, 6.07) is 101. The summed E-state index contributed by atoms with van der Waals surface area (Å²) in [5.41, 5.74) is 21.7. The first-order valence-corrected chi connectivity index (χ1v) is 26.6. The first-order valence-electron chi connectivity index (χ1n) is 26.6. The van der Waals surface area contributed by atoms with E-state index in [9.17, 15) is 0 Å². The van der Waals surface area contributed by atoms with E-state index in [0.717, 1.165) is 80.8 Å². The van der Waals surface area contributed by atoms with Gasteiger partial charge in [-0.15, -0.1) is 0 Å². The molecule has 368 valence electrons. The van der Waals surface area contributed by atoms with Gasteiger partial charge in [-0.2, -0.15) is 0 Å². The Bertz CT molecular complexity index is 4080. The summed E-state index contributed by atoms with van der Waals surface area (Å²) in [7, 11) is 0. The first kappa shape index (κ1) is 46.9. The average molecular weight is 989 g/mol. The predicted molar refractivity (Wildman–Crippen MR) is 327 cm³/mol. The van der Waals surface area contributed by atoms with Crippen LogP contribution in [0, 0.1) is 6.92 Å². The van der Waals surface area contributed by atoms with Gasteiger partial charge in [-0.1, -0.05) is 170 Å². The Balaban J connectivity index is 0.869. The van der Waals surface area contributed by atoms with Crippen LogP contribution in [-0.2, 0) is 0 Å². The lowest BCUT2D eigenvalue weighted by Crippen LogP contribution is -2.13. The molecule has 1 heterocycles. The SMILES string of the molecule is Cc1ccccc1N(c1ccccc1)c1ccc(N(c2ccc(-c3ccc(N(c4cccc(-c5ccccc5)c4)c4ccc5c(c4)c4ccccc4n5-c4ccccc4)cc3)cc2)c2cccc(C3=CCCC=C3)c2)cc1. The Morgan fingerprint density at radius 3 is 1.42 bits per heavy atom. The van der Waals surface area contributed by atoms with Crippen molar-refractivity contribution in [1.29, 1.82) is 0 Å². The fraction of sp³-hybridized carbons (Fsp3) is 0.0411. The zero-order valence-electron chi connectivity index (χ0n) is 43.0. The number of aromatic nitrogens is 1. The van der Waals surface area contributed by atoms with E-state index in [0.29, 0.717) is 0 Å². The molecule has 0 radical (unpaired) electrons. The summed E-state index contributed by atoms with van der Waals surface area (Å²) in [5.74, 6) is 0. The summed E-state index contributed by atoms with van der Waals surface area (Å²) in [6.07, 6.45) is 9.03. The van der Waals surface area contributed by atoms with E-state index in [-0.39, 0.29) is 0 Å². The first-order chi connectivity index (χ1) is 38.1. The van der Waals surface area contributed by atoms with Crippen LogP contribution in [0.1, 0.15) is 24.0 Å². The van der Waals surface area contributed by atoms with Crippen molar-refractivity contribution in [3.8, 4) is 27.9 Å². The molecule has 4 nitrogen and oxygen atoms in total. The number of hydrogen-bond donors (Lipinski definition) is 0. The maximum absolute atomic E-state index is 2.39. The Morgan fingerprint density at radius 2 is 0.766 bits per heavy atom. The molecule has 11 aromatic carbocycles. The molecular weight excluding hydrogens is 933 g/mol. The van der Waals surface area contributed by atoms with Gasteiger partial charge >= 0.3 is 0 Å². The van der Waals surface area contributed by atoms with Gasteiger partial charge < -0.3 is 19.3 Å². The molecule has 0 amide bonds. The lowest BCUT2D eigenvalue weighted by molar-refractivity contribution is 1.04. The molecular formula is C73H56N4. The van der Waals surface area contributed by atoms with E-state index in [1.54, 1.807) is 0 Å². The van der Waals surface area contributed by atoms with Crippen LogP contribution in [-0.4, -0.2) is 4.57 Å². The van der Waals surface area contributed by atoms with Gasteiger partial charge in [-0.05, 0) is 186 Å². The van der Waals surface area contributed by atoms with Crippen molar-refractivity contribution < 1.29 is 0 Å². The second kappa shape index (κ2) is 20.8. The van der Waals surface area contributed by atoms with Crippen LogP contribution in [0.15, 0.2) is 297 Å². The zero-order valence-corrected chi connectivity index (χ0v) is 43.0. The van der Waals surface area contributed by atoms with E-state index in [1.807, 2.05) is 0 Å². The molecule has 12 aromatic rings. The van der Waals surface area contributed by atoms with Crippen LogP contribution >= 0.6 is 0 Å². The number of anilines is 9. The number of allylic oxidation sites excluding steroid dienone is 4. The number of para-hydroxylation sites is 4. The van der Waals surface area contributed by atoms with E-state index >= 15 is 0 Å². The van der Waals surface area contributed by atoms with E-state index < -0.39 is 0 Å². The molecule has 0 saturated carbocycles. The number of aryl methyl sites for hydroxylation is 1. The Kier molecular flexibility index (Phi) is 12.6. The fourth-order valence-corrected chi connectivity index (χ4v) is 11.1. The van der Waals surface area contributed by atoms with Crippen molar-refractivity contribution in [2.45, 2.75) is 19.8 Å². The van der Waals surface area contributed by atoms with Gasteiger partial charge in [0.2, 0.25) is 0 Å². The highest BCUT2D eigenvalue weighted by Gasteiger charge is 2.21. The molecule has 0 bridgehead atoms. The third kappa shape index (κ3) is 9.28. The van der Waals surface area contributed by atoms with Gasteiger partial charge in [0.05, 0.1) is 11.0 Å². The standard InChI is InChI=1S/C73H56N4/c1-53-20-14-16-34-71(53)76(60-27-10-4-11-28-60)65-46-44-64(45-47-65)74(66-31-18-25-58(50-66)54-21-6-2-7-22-54)62-40-36-56(37-41-62)57-38-42-63(43-39-57)75(67-32-19-26-59(51-67)55-23-8-3-9-24-55)68-48-49-73-70(52-68)69-33-15-17-35-72(69)77(73)61-29-12-5-13-30-61/h3-6,8-52H,2,7H2,1H3. The van der Waals surface area contributed by atoms with E-state index in [4.69, 9.17) is 0 Å². The number of fused-ring (bicyclic) bond motifs is 3. The van der Waals surface area contributed by atoms with Crippen LogP contribution < -0.4 is 14.7 Å². The summed E-state index contributed by atoms with van der Waals surface area (Å²) < 4.78 is 2.38. The topological polar surface area (TPSA) is 14.7 Å². The molecule has 0 spiro atoms. The quantitative estimate of drug-likeness (QED) is 0.114.